The highest BCUT2D eigenvalue weighted by Crippen LogP contribution is 2.28. The molecule has 120 valence electrons. The quantitative estimate of drug-likeness (QED) is 0.713. The highest BCUT2D eigenvalue weighted by Gasteiger charge is 2.12. The topological polar surface area (TPSA) is 21.3 Å². The van der Waals surface area contributed by atoms with Gasteiger partial charge in [0.1, 0.15) is 5.75 Å². The number of fused-ring (bicyclic) bond motifs is 1. The first-order chi connectivity index (χ1) is 10.5. The lowest BCUT2D eigenvalue weighted by Crippen LogP contribution is -2.26. The standard InChI is InChI=1S/C20H29NO/c1-5-6-13-22-19-12-11-16-9-7-8-10-17(16)18(19)14-21-15-20(2,3)4/h7-12,21H,5-6,13-15H2,1-4H3. The van der Waals surface area contributed by atoms with Crippen molar-refractivity contribution in [3.05, 3.63) is 42.0 Å². The molecule has 2 rings (SSSR count). The van der Waals surface area contributed by atoms with Gasteiger partial charge >= 0.3 is 0 Å². The Labute approximate surface area is 134 Å². The third kappa shape index (κ3) is 4.74. The van der Waals surface area contributed by atoms with E-state index in [-0.39, 0.29) is 5.41 Å². The fourth-order valence-corrected chi connectivity index (χ4v) is 2.52. The smallest absolute Gasteiger partial charge is 0.124 e. The third-order valence-electron chi connectivity index (χ3n) is 3.71. The van der Waals surface area contributed by atoms with E-state index < -0.39 is 0 Å². The van der Waals surface area contributed by atoms with Crippen LogP contribution in [0, 0.1) is 5.41 Å². The highest BCUT2D eigenvalue weighted by atomic mass is 16.5. The van der Waals surface area contributed by atoms with Gasteiger partial charge in [0.2, 0.25) is 0 Å². The Kier molecular flexibility index (Phi) is 5.84. The first-order valence-electron chi connectivity index (χ1n) is 8.35. The zero-order valence-electron chi connectivity index (χ0n) is 14.4. The Morgan fingerprint density at radius 3 is 2.55 bits per heavy atom. The van der Waals surface area contributed by atoms with Gasteiger partial charge in [-0.15, -0.1) is 0 Å². The molecule has 0 bridgehead atoms. The Bertz CT molecular complexity index is 598. The Hall–Kier alpha value is -1.54. The van der Waals surface area contributed by atoms with Crippen LogP contribution in [0.3, 0.4) is 0 Å². The van der Waals surface area contributed by atoms with Gasteiger partial charge in [-0.05, 0) is 28.7 Å². The van der Waals surface area contributed by atoms with Gasteiger partial charge in [-0.3, -0.25) is 0 Å². The second-order valence-electron chi connectivity index (χ2n) is 7.13. The number of unbranched alkanes of at least 4 members (excludes halogenated alkanes) is 1. The van der Waals surface area contributed by atoms with Crippen molar-refractivity contribution in [1.82, 2.24) is 5.32 Å². The molecule has 0 heterocycles. The van der Waals surface area contributed by atoms with Gasteiger partial charge in [-0.25, -0.2) is 0 Å². The lowest BCUT2D eigenvalue weighted by molar-refractivity contribution is 0.304. The summed E-state index contributed by atoms with van der Waals surface area (Å²) >= 11 is 0. The molecule has 0 atom stereocenters. The summed E-state index contributed by atoms with van der Waals surface area (Å²) in [5, 5.41) is 6.15. The minimum absolute atomic E-state index is 0.286. The maximum absolute atomic E-state index is 6.03. The van der Waals surface area contributed by atoms with E-state index in [9.17, 15) is 0 Å². The predicted molar refractivity (Wildman–Crippen MR) is 95.5 cm³/mol. The van der Waals surface area contributed by atoms with Crippen molar-refractivity contribution in [1.29, 1.82) is 0 Å². The normalized spacial score (nSPS) is 11.8. The molecule has 2 nitrogen and oxygen atoms in total. The average Bonchev–Trinajstić information content (AvgIpc) is 2.48. The number of hydrogen-bond acceptors (Lipinski definition) is 2. The minimum atomic E-state index is 0.286. The predicted octanol–water partition coefficient (Wildman–Crippen LogP) is 5.15. The van der Waals surface area contributed by atoms with Crippen molar-refractivity contribution in [3.63, 3.8) is 0 Å². The maximum Gasteiger partial charge on any atom is 0.124 e. The van der Waals surface area contributed by atoms with Crippen LogP contribution in [0.15, 0.2) is 36.4 Å². The van der Waals surface area contributed by atoms with E-state index in [2.05, 4.69) is 69.4 Å². The lowest BCUT2D eigenvalue weighted by atomic mass is 9.96. The fourth-order valence-electron chi connectivity index (χ4n) is 2.52. The molecule has 2 aromatic carbocycles. The van der Waals surface area contributed by atoms with Crippen LogP contribution in [-0.2, 0) is 6.54 Å². The van der Waals surface area contributed by atoms with Gasteiger partial charge in [-0.2, -0.15) is 0 Å². The van der Waals surface area contributed by atoms with Gasteiger partial charge in [0, 0.05) is 18.7 Å². The number of ether oxygens (including phenoxy) is 1. The Balaban J connectivity index is 2.23. The summed E-state index contributed by atoms with van der Waals surface area (Å²) in [4.78, 5) is 0. The van der Waals surface area contributed by atoms with Crippen molar-refractivity contribution >= 4 is 10.8 Å². The van der Waals surface area contributed by atoms with Crippen LogP contribution < -0.4 is 10.1 Å². The molecular formula is C20H29NO. The second-order valence-corrected chi connectivity index (χ2v) is 7.13. The van der Waals surface area contributed by atoms with E-state index in [4.69, 9.17) is 4.74 Å². The molecule has 0 unspecified atom stereocenters. The van der Waals surface area contributed by atoms with E-state index in [0.29, 0.717) is 0 Å². The molecule has 0 aliphatic carbocycles. The second kappa shape index (κ2) is 7.64. The molecule has 2 aromatic rings. The van der Waals surface area contributed by atoms with Crippen LogP contribution in [0.1, 0.15) is 46.1 Å². The van der Waals surface area contributed by atoms with Crippen LogP contribution in [0.2, 0.25) is 0 Å². The van der Waals surface area contributed by atoms with Gasteiger partial charge in [0.15, 0.2) is 0 Å². The van der Waals surface area contributed by atoms with E-state index in [1.165, 1.54) is 16.3 Å². The molecular weight excluding hydrogens is 270 g/mol. The molecule has 0 aromatic heterocycles. The SMILES string of the molecule is CCCCOc1ccc2ccccc2c1CNCC(C)(C)C. The van der Waals surface area contributed by atoms with Crippen molar-refractivity contribution in [2.75, 3.05) is 13.2 Å². The van der Waals surface area contributed by atoms with Gasteiger partial charge in [0.05, 0.1) is 6.61 Å². The first-order valence-corrected chi connectivity index (χ1v) is 8.35. The summed E-state index contributed by atoms with van der Waals surface area (Å²) in [5.41, 5.74) is 1.56. The van der Waals surface area contributed by atoms with E-state index >= 15 is 0 Å². The average molecular weight is 299 g/mol. The number of nitrogens with one attached hydrogen (secondary N) is 1. The van der Waals surface area contributed by atoms with Crippen molar-refractivity contribution in [2.45, 2.75) is 47.1 Å². The summed E-state index contributed by atoms with van der Waals surface area (Å²) in [7, 11) is 0. The fraction of sp³-hybridized carbons (Fsp3) is 0.500. The number of hydrogen-bond donors (Lipinski definition) is 1. The van der Waals surface area contributed by atoms with Gasteiger partial charge < -0.3 is 10.1 Å². The number of rotatable bonds is 7. The molecule has 0 amide bonds. The summed E-state index contributed by atoms with van der Waals surface area (Å²) in [5.74, 6) is 1.02. The summed E-state index contributed by atoms with van der Waals surface area (Å²) < 4.78 is 6.03. The molecule has 0 radical (unpaired) electrons. The molecule has 2 heteroatoms. The van der Waals surface area contributed by atoms with Crippen molar-refractivity contribution in [3.8, 4) is 5.75 Å². The maximum atomic E-state index is 6.03. The molecule has 0 spiro atoms. The number of benzene rings is 2. The molecule has 1 N–H and O–H groups in total. The largest absolute Gasteiger partial charge is 0.493 e. The monoisotopic (exact) mass is 299 g/mol. The lowest BCUT2D eigenvalue weighted by Gasteiger charge is -2.20. The van der Waals surface area contributed by atoms with Crippen LogP contribution in [-0.4, -0.2) is 13.2 Å². The molecule has 0 fully saturated rings. The Morgan fingerprint density at radius 1 is 1.05 bits per heavy atom. The highest BCUT2D eigenvalue weighted by molar-refractivity contribution is 5.87. The van der Waals surface area contributed by atoms with Crippen molar-refractivity contribution in [2.24, 2.45) is 5.41 Å². The van der Waals surface area contributed by atoms with Crippen molar-refractivity contribution < 1.29 is 4.74 Å². The van der Waals surface area contributed by atoms with Gasteiger partial charge in [-0.1, -0.05) is 64.4 Å². The molecule has 0 saturated carbocycles. The van der Waals surface area contributed by atoms with Crippen LogP contribution >= 0.6 is 0 Å². The van der Waals surface area contributed by atoms with E-state index in [0.717, 1.165) is 38.3 Å². The molecule has 0 aliphatic heterocycles. The zero-order chi connectivity index (χ0) is 16.0. The molecule has 0 saturated heterocycles. The molecule has 22 heavy (non-hydrogen) atoms. The summed E-state index contributed by atoms with van der Waals surface area (Å²) in [6.45, 7) is 11.6. The van der Waals surface area contributed by atoms with E-state index in [1.807, 2.05) is 0 Å². The first kappa shape index (κ1) is 16.8. The zero-order valence-corrected chi connectivity index (χ0v) is 14.4. The van der Waals surface area contributed by atoms with Gasteiger partial charge in [0.25, 0.3) is 0 Å². The van der Waals surface area contributed by atoms with E-state index in [1.54, 1.807) is 0 Å². The Morgan fingerprint density at radius 2 is 1.82 bits per heavy atom. The minimum Gasteiger partial charge on any atom is -0.493 e. The summed E-state index contributed by atoms with van der Waals surface area (Å²) in [6.07, 6.45) is 2.26. The summed E-state index contributed by atoms with van der Waals surface area (Å²) in [6, 6.07) is 12.8. The third-order valence-corrected chi connectivity index (χ3v) is 3.71. The van der Waals surface area contributed by atoms with Crippen LogP contribution in [0.5, 0.6) is 5.75 Å². The van der Waals surface area contributed by atoms with Crippen LogP contribution in [0.25, 0.3) is 10.8 Å². The van der Waals surface area contributed by atoms with Crippen LogP contribution in [0.4, 0.5) is 0 Å². The molecule has 0 aliphatic rings.